The van der Waals surface area contributed by atoms with Crippen LogP contribution in [0, 0.1) is 0 Å². The van der Waals surface area contributed by atoms with E-state index in [1.54, 1.807) is 42.6 Å². The monoisotopic (exact) mass is 427 g/mol. The van der Waals surface area contributed by atoms with Crippen molar-refractivity contribution in [3.63, 3.8) is 0 Å². The predicted molar refractivity (Wildman–Crippen MR) is 116 cm³/mol. The van der Waals surface area contributed by atoms with Crippen molar-refractivity contribution >= 4 is 11.0 Å². The van der Waals surface area contributed by atoms with Crippen molar-refractivity contribution in [2.45, 2.75) is 6.42 Å². The van der Waals surface area contributed by atoms with E-state index in [-0.39, 0.29) is 11.2 Å². The Bertz CT molecular complexity index is 1430. The van der Waals surface area contributed by atoms with Gasteiger partial charge in [-0.2, -0.15) is 4.98 Å². The molecule has 0 saturated heterocycles. The molecule has 32 heavy (non-hydrogen) atoms. The molecule has 0 aliphatic carbocycles. The minimum absolute atomic E-state index is 0.140. The fourth-order valence-electron chi connectivity index (χ4n) is 3.20. The molecule has 0 unspecified atom stereocenters. The number of rotatable bonds is 6. The maximum absolute atomic E-state index is 12.5. The average molecular weight is 427 g/mol. The van der Waals surface area contributed by atoms with E-state index < -0.39 is 0 Å². The standard InChI is InChI=1S/C24H17N3O5/c28-16-6-4-15(5-7-16)21-14-20(29)18-9-8-17(13-22(18)31-21)30-12-10-23-26-24(32-27-23)19-3-1-2-11-25-19/h1-9,11,13-14,28H,10,12H2. The van der Waals surface area contributed by atoms with Crippen molar-refractivity contribution in [1.29, 1.82) is 0 Å². The smallest absolute Gasteiger partial charge is 0.276 e. The Balaban J connectivity index is 1.31. The summed E-state index contributed by atoms with van der Waals surface area (Å²) >= 11 is 0. The lowest BCUT2D eigenvalue weighted by molar-refractivity contribution is 0.315. The molecule has 0 spiro atoms. The van der Waals surface area contributed by atoms with Gasteiger partial charge < -0.3 is 18.8 Å². The van der Waals surface area contributed by atoms with E-state index in [0.717, 1.165) is 0 Å². The number of nitrogens with zero attached hydrogens (tertiary/aromatic N) is 3. The molecule has 5 rings (SSSR count). The van der Waals surface area contributed by atoms with Crippen molar-refractivity contribution in [3.05, 3.63) is 89.0 Å². The van der Waals surface area contributed by atoms with Gasteiger partial charge in [0.1, 0.15) is 28.5 Å². The van der Waals surface area contributed by atoms with Gasteiger partial charge in [0.15, 0.2) is 11.3 Å². The fraction of sp³-hybridized carbons (Fsp3) is 0.0833. The molecule has 1 N–H and O–H groups in total. The number of benzene rings is 2. The first kappa shape index (κ1) is 19.5. The first-order valence-corrected chi connectivity index (χ1v) is 9.90. The van der Waals surface area contributed by atoms with Crippen LogP contribution in [-0.4, -0.2) is 26.8 Å². The van der Waals surface area contributed by atoms with Gasteiger partial charge in [-0.1, -0.05) is 11.2 Å². The third-order valence-corrected chi connectivity index (χ3v) is 4.80. The average Bonchev–Trinajstić information content (AvgIpc) is 3.29. The van der Waals surface area contributed by atoms with Crippen molar-refractivity contribution in [2.75, 3.05) is 6.61 Å². The lowest BCUT2D eigenvalue weighted by atomic mass is 10.1. The van der Waals surface area contributed by atoms with E-state index >= 15 is 0 Å². The van der Waals surface area contributed by atoms with Crippen LogP contribution in [0.4, 0.5) is 0 Å². The highest BCUT2D eigenvalue weighted by molar-refractivity contribution is 5.80. The summed E-state index contributed by atoms with van der Waals surface area (Å²) in [6.07, 6.45) is 2.10. The van der Waals surface area contributed by atoms with Crippen LogP contribution in [0.2, 0.25) is 0 Å². The fourth-order valence-corrected chi connectivity index (χ4v) is 3.20. The number of hydrogen-bond acceptors (Lipinski definition) is 8. The van der Waals surface area contributed by atoms with Gasteiger partial charge >= 0.3 is 0 Å². The van der Waals surface area contributed by atoms with E-state index in [1.807, 2.05) is 12.1 Å². The minimum atomic E-state index is -0.158. The molecule has 0 fully saturated rings. The lowest BCUT2D eigenvalue weighted by Crippen LogP contribution is -2.04. The molecule has 8 nitrogen and oxygen atoms in total. The van der Waals surface area contributed by atoms with Crippen molar-refractivity contribution in [1.82, 2.24) is 15.1 Å². The number of phenols is 1. The maximum atomic E-state index is 12.5. The van der Waals surface area contributed by atoms with Crippen LogP contribution in [0.5, 0.6) is 11.5 Å². The largest absolute Gasteiger partial charge is 0.508 e. The molecule has 8 heteroatoms. The molecule has 0 saturated carbocycles. The van der Waals surface area contributed by atoms with Crippen molar-refractivity contribution in [3.8, 4) is 34.4 Å². The summed E-state index contributed by atoms with van der Waals surface area (Å²) in [7, 11) is 0. The SMILES string of the molecule is O=c1cc(-c2ccc(O)cc2)oc2cc(OCCc3noc(-c4ccccn4)n3)ccc12. The topological polar surface area (TPSA) is 111 Å². The second kappa shape index (κ2) is 8.35. The van der Waals surface area contributed by atoms with Crippen LogP contribution in [-0.2, 0) is 6.42 Å². The first-order chi connectivity index (χ1) is 15.7. The van der Waals surface area contributed by atoms with Gasteiger partial charge in [0.2, 0.25) is 0 Å². The molecule has 0 radical (unpaired) electrons. The molecular formula is C24H17N3O5. The molecular weight excluding hydrogens is 410 g/mol. The van der Waals surface area contributed by atoms with Crippen LogP contribution in [0.3, 0.4) is 0 Å². The van der Waals surface area contributed by atoms with E-state index in [0.29, 0.717) is 58.5 Å². The highest BCUT2D eigenvalue weighted by Crippen LogP contribution is 2.26. The summed E-state index contributed by atoms with van der Waals surface area (Å²) in [4.78, 5) is 21.0. The normalized spacial score (nSPS) is 11.0. The molecule has 0 aliphatic rings. The van der Waals surface area contributed by atoms with Gasteiger partial charge in [-0.05, 0) is 48.5 Å². The Morgan fingerprint density at radius 1 is 1.00 bits per heavy atom. The molecule has 0 bridgehead atoms. The van der Waals surface area contributed by atoms with Crippen molar-refractivity contribution < 1.29 is 18.8 Å². The van der Waals surface area contributed by atoms with Gasteiger partial charge in [0.25, 0.3) is 5.89 Å². The number of aromatic nitrogens is 3. The molecule has 0 aliphatic heterocycles. The van der Waals surface area contributed by atoms with E-state index in [4.69, 9.17) is 13.7 Å². The van der Waals surface area contributed by atoms with Crippen LogP contribution < -0.4 is 10.2 Å². The number of pyridine rings is 1. The Kier molecular flexibility index (Phi) is 5.09. The summed E-state index contributed by atoms with van der Waals surface area (Å²) in [5.74, 6) is 1.97. The van der Waals surface area contributed by atoms with Gasteiger partial charge in [0.05, 0.1) is 12.0 Å². The quantitative estimate of drug-likeness (QED) is 0.428. The zero-order valence-electron chi connectivity index (χ0n) is 16.8. The third kappa shape index (κ3) is 4.06. The summed E-state index contributed by atoms with van der Waals surface area (Å²) in [6, 6.07) is 18.4. The summed E-state index contributed by atoms with van der Waals surface area (Å²) in [5.41, 5.74) is 1.56. The molecule has 0 atom stereocenters. The zero-order chi connectivity index (χ0) is 21.9. The zero-order valence-corrected chi connectivity index (χ0v) is 16.8. The lowest BCUT2D eigenvalue weighted by Gasteiger charge is -2.07. The second-order valence-corrected chi connectivity index (χ2v) is 7.01. The first-order valence-electron chi connectivity index (χ1n) is 9.90. The number of fused-ring (bicyclic) bond motifs is 1. The second-order valence-electron chi connectivity index (χ2n) is 7.01. The van der Waals surface area contributed by atoms with Crippen LogP contribution >= 0.6 is 0 Å². The predicted octanol–water partition coefficient (Wildman–Crippen LogP) is 4.23. The van der Waals surface area contributed by atoms with Crippen LogP contribution in [0.15, 0.2) is 86.7 Å². The number of aromatic hydroxyl groups is 1. The molecule has 3 heterocycles. The van der Waals surface area contributed by atoms with Crippen LogP contribution in [0.1, 0.15) is 5.82 Å². The number of phenolic OH excluding ortho intramolecular Hbond substituents is 1. The highest BCUT2D eigenvalue weighted by Gasteiger charge is 2.11. The van der Waals surface area contributed by atoms with Crippen molar-refractivity contribution in [2.24, 2.45) is 0 Å². The molecule has 158 valence electrons. The van der Waals surface area contributed by atoms with Crippen LogP contribution in [0.25, 0.3) is 33.9 Å². The van der Waals surface area contributed by atoms with Gasteiger partial charge in [-0.25, -0.2) is 0 Å². The Hall–Kier alpha value is -4.46. The summed E-state index contributed by atoms with van der Waals surface area (Å²) < 4.78 is 17.0. The number of ether oxygens (including phenoxy) is 1. The summed E-state index contributed by atoms with van der Waals surface area (Å²) in [6.45, 7) is 0.314. The van der Waals surface area contributed by atoms with Gasteiger partial charge in [-0.3, -0.25) is 9.78 Å². The van der Waals surface area contributed by atoms with Gasteiger partial charge in [0, 0.05) is 30.3 Å². The highest BCUT2D eigenvalue weighted by atomic mass is 16.5. The van der Waals surface area contributed by atoms with E-state index in [9.17, 15) is 9.90 Å². The Morgan fingerprint density at radius 3 is 2.69 bits per heavy atom. The van der Waals surface area contributed by atoms with Gasteiger partial charge in [-0.15, -0.1) is 0 Å². The molecule has 5 aromatic rings. The third-order valence-electron chi connectivity index (χ3n) is 4.80. The van der Waals surface area contributed by atoms with E-state index in [2.05, 4.69) is 15.1 Å². The Labute approximate surface area is 181 Å². The minimum Gasteiger partial charge on any atom is -0.508 e. The molecule has 2 aromatic carbocycles. The molecule has 3 aromatic heterocycles. The Morgan fingerprint density at radius 2 is 1.88 bits per heavy atom. The number of hydrogen-bond donors (Lipinski definition) is 1. The summed E-state index contributed by atoms with van der Waals surface area (Å²) in [5, 5.41) is 13.9. The molecule has 0 amide bonds. The maximum Gasteiger partial charge on any atom is 0.276 e. The van der Waals surface area contributed by atoms with E-state index in [1.165, 1.54) is 18.2 Å².